The summed E-state index contributed by atoms with van der Waals surface area (Å²) in [5.74, 6) is 1.62. The molecule has 10 heteroatoms. The summed E-state index contributed by atoms with van der Waals surface area (Å²) in [6.45, 7) is 8.61. The number of aromatic nitrogens is 2. The Morgan fingerprint density at radius 1 is 1.00 bits per heavy atom. The summed E-state index contributed by atoms with van der Waals surface area (Å²) < 4.78 is 10.9. The molecule has 2 saturated heterocycles. The zero-order valence-electron chi connectivity index (χ0n) is 21.5. The lowest BCUT2D eigenvalue weighted by Crippen LogP contribution is -2.48. The van der Waals surface area contributed by atoms with Gasteiger partial charge >= 0.3 is 5.97 Å². The molecule has 4 heterocycles. The maximum absolute atomic E-state index is 11.9. The molecule has 2 aliphatic heterocycles. The van der Waals surface area contributed by atoms with Crippen molar-refractivity contribution in [2.75, 3.05) is 61.0 Å². The highest BCUT2D eigenvalue weighted by atomic mass is 16.5. The highest BCUT2D eigenvalue weighted by molar-refractivity contribution is 5.86. The van der Waals surface area contributed by atoms with Crippen molar-refractivity contribution >= 4 is 46.1 Å². The van der Waals surface area contributed by atoms with Crippen LogP contribution in [0.1, 0.15) is 33.1 Å². The number of piperidine rings is 1. The predicted molar refractivity (Wildman–Crippen MR) is 142 cm³/mol. The van der Waals surface area contributed by atoms with Crippen LogP contribution in [0.4, 0.5) is 23.1 Å². The van der Waals surface area contributed by atoms with Crippen LogP contribution in [0, 0.1) is 5.92 Å². The number of ether oxygens (including phenoxy) is 1. The first-order valence-corrected chi connectivity index (χ1v) is 13.0. The van der Waals surface area contributed by atoms with Crippen LogP contribution in [0.5, 0.6) is 0 Å². The molecule has 0 saturated carbocycles. The molecule has 2 fully saturated rings. The van der Waals surface area contributed by atoms with Crippen LogP contribution in [-0.2, 0) is 14.3 Å². The van der Waals surface area contributed by atoms with Gasteiger partial charge in [0.1, 0.15) is 5.52 Å². The molecule has 0 aliphatic carbocycles. The van der Waals surface area contributed by atoms with E-state index in [0.717, 1.165) is 74.8 Å². The van der Waals surface area contributed by atoms with E-state index in [0.29, 0.717) is 30.5 Å². The second-order valence-electron chi connectivity index (χ2n) is 9.61. The topological polar surface area (TPSA) is 104 Å². The predicted octanol–water partition coefficient (Wildman–Crippen LogP) is 3.80. The van der Waals surface area contributed by atoms with E-state index in [2.05, 4.69) is 32.2 Å². The van der Waals surface area contributed by atoms with E-state index in [9.17, 15) is 9.59 Å². The van der Waals surface area contributed by atoms with Gasteiger partial charge in [0.2, 0.25) is 11.9 Å². The van der Waals surface area contributed by atoms with Gasteiger partial charge in [-0.25, -0.2) is 4.98 Å². The molecule has 37 heavy (non-hydrogen) atoms. The summed E-state index contributed by atoms with van der Waals surface area (Å²) in [5.41, 5.74) is 3.45. The van der Waals surface area contributed by atoms with Crippen molar-refractivity contribution in [3.05, 3.63) is 36.6 Å². The van der Waals surface area contributed by atoms with E-state index in [1.807, 2.05) is 30.0 Å². The number of hydrogen-bond acceptors (Lipinski definition) is 9. The number of amides is 1. The Balaban J connectivity index is 1.25. The van der Waals surface area contributed by atoms with Crippen molar-refractivity contribution in [2.24, 2.45) is 5.92 Å². The zero-order valence-corrected chi connectivity index (χ0v) is 21.5. The molecular weight excluding hydrogens is 472 g/mol. The number of carbonyl (C=O) groups excluding carboxylic acids is 2. The molecular formula is C27H34N6O4. The molecule has 10 nitrogen and oxygen atoms in total. The van der Waals surface area contributed by atoms with E-state index in [4.69, 9.17) is 14.1 Å². The first kappa shape index (κ1) is 24.9. The number of furan rings is 1. The van der Waals surface area contributed by atoms with Crippen LogP contribution in [0.3, 0.4) is 0 Å². The first-order chi connectivity index (χ1) is 18.0. The fourth-order valence-corrected chi connectivity index (χ4v) is 5.09. The molecule has 1 N–H and O–H groups in total. The number of benzene rings is 1. The number of fused-ring (bicyclic) bond motifs is 1. The third-order valence-electron chi connectivity index (χ3n) is 7.17. The number of nitrogens with zero attached hydrogens (tertiary/aromatic N) is 5. The van der Waals surface area contributed by atoms with Gasteiger partial charge in [-0.1, -0.05) is 0 Å². The SMILES string of the molecule is CCOC(=O)CC1CCN(c2nc(Nc3ccc(N4CCN(C(C)=O)CC4)cc3)nc3ccoc23)CC1. The van der Waals surface area contributed by atoms with Gasteiger partial charge in [-0.3, -0.25) is 9.59 Å². The molecule has 2 aliphatic rings. The summed E-state index contributed by atoms with van der Waals surface area (Å²) in [5, 5.41) is 3.34. The van der Waals surface area contributed by atoms with Crippen LogP contribution < -0.4 is 15.1 Å². The van der Waals surface area contributed by atoms with Gasteiger partial charge in [-0.05, 0) is 49.9 Å². The van der Waals surface area contributed by atoms with Crippen molar-refractivity contribution in [2.45, 2.75) is 33.1 Å². The standard InChI is InChI=1S/C27H34N6O4/c1-3-36-24(35)18-20-8-11-33(12-9-20)26-25-23(10-17-37-25)29-27(30-26)28-21-4-6-22(7-5-21)32-15-13-31(14-16-32)19(2)34/h4-7,10,17,20H,3,8-9,11-16,18H2,1-2H3,(H,28,29,30). The summed E-state index contributed by atoms with van der Waals surface area (Å²) in [4.78, 5) is 39.3. The Kier molecular flexibility index (Phi) is 7.43. The number of piperazine rings is 1. The second-order valence-corrected chi connectivity index (χ2v) is 9.61. The fraction of sp³-hybridized carbons (Fsp3) is 0.481. The van der Waals surface area contributed by atoms with Crippen LogP contribution in [0.2, 0.25) is 0 Å². The largest absolute Gasteiger partial charge is 0.466 e. The molecule has 0 radical (unpaired) electrons. The van der Waals surface area contributed by atoms with E-state index in [-0.39, 0.29) is 11.9 Å². The van der Waals surface area contributed by atoms with Crippen LogP contribution in [-0.4, -0.2) is 72.6 Å². The van der Waals surface area contributed by atoms with E-state index < -0.39 is 0 Å². The molecule has 1 amide bonds. The highest BCUT2D eigenvalue weighted by Gasteiger charge is 2.26. The average molecular weight is 507 g/mol. The lowest BCUT2D eigenvalue weighted by Gasteiger charge is -2.35. The quantitative estimate of drug-likeness (QED) is 0.479. The molecule has 0 atom stereocenters. The van der Waals surface area contributed by atoms with E-state index in [1.165, 1.54) is 0 Å². The number of rotatable bonds is 7. The smallest absolute Gasteiger partial charge is 0.306 e. The highest BCUT2D eigenvalue weighted by Crippen LogP contribution is 2.31. The Hall–Kier alpha value is -3.82. The monoisotopic (exact) mass is 506 g/mol. The Morgan fingerprint density at radius 3 is 2.41 bits per heavy atom. The maximum Gasteiger partial charge on any atom is 0.306 e. The normalized spacial score (nSPS) is 16.8. The van der Waals surface area contributed by atoms with Gasteiger partial charge in [0, 0.05) is 70.1 Å². The first-order valence-electron chi connectivity index (χ1n) is 13.0. The molecule has 1 aromatic carbocycles. The molecule has 196 valence electrons. The van der Waals surface area contributed by atoms with E-state index >= 15 is 0 Å². The van der Waals surface area contributed by atoms with Gasteiger partial charge in [-0.15, -0.1) is 0 Å². The van der Waals surface area contributed by atoms with Gasteiger partial charge < -0.3 is 29.2 Å². The Morgan fingerprint density at radius 2 is 1.73 bits per heavy atom. The minimum Gasteiger partial charge on any atom is -0.466 e. The number of anilines is 4. The molecule has 0 spiro atoms. The summed E-state index contributed by atoms with van der Waals surface area (Å²) in [6, 6.07) is 10.1. The summed E-state index contributed by atoms with van der Waals surface area (Å²) in [7, 11) is 0. The molecule has 0 unspecified atom stereocenters. The lowest BCUT2D eigenvalue weighted by molar-refractivity contribution is -0.144. The van der Waals surface area contributed by atoms with Gasteiger partial charge in [0.25, 0.3) is 0 Å². The summed E-state index contributed by atoms with van der Waals surface area (Å²) in [6.07, 6.45) is 3.91. The minimum absolute atomic E-state index is 0.118. The molecule has 5 rings (SSSR count). The minimum atomic E-state index is -0.118. The Bertz CT molecular complexity index is 1230. The number of hydrogen-bond donors (Lipinski definition) is 1. The average Bonchev–Trinajstić information content (AvgIpc) is 3.38. The third kappa shape index (κ3) is 5.79. The Labute approximate surface area is 216 Å². The number of esters is 1. The van der Waals surface area contributed by atoms with Gasteiger partial charge in [0.05, 0.1) is 12.9 Å². The summed E-state index contributed by atoms with van der Waals surface area (Å²) >= 11 is 0. The van der Waals surface area contributed by atoms with Crippen LogP contribution >= 0.6 is 0 Å². The van der Waals surface area contributed by atoms with Gasteiger partial charge in [-0.2, -0.15) is 4.98 Å². The number of carbonyl (C=O) groups is 2. The van der Waals surface area contributed by atoms with Crippen LogP contribution in [0.25, 0.3) is 11.1 Å². The second kappa shape index (κ2) is 11.1. The number of nitrogens with one attached hydrogen (secondary N) is 1. The van der Waals surface area contributed by atoms with E-state index in [1.54, 1.807) is 13.2 Å². The van der Waals surface area contributed by atoms with Crippen molar-refractivity contribution in [1.82, 2.24) is 14.9 Å². The fourth-order valence-electron chi connectivity index (χ4n) is 5.09. The maximum atomic E-state index is 11.9. The van der Waals surface area contributed by atoms with Crippen molar-refractivity contribution in [3.63, 3.8) is 0 Å². The van der Waals surface area contributed by atoms with Crippen molar-refractivity contribution < 1.29 is 18.7 Å². The third-order valence-corrected chi connectivity index (χ3v) is 7.17. The molecule has 0 bridgehead atoms. The van der Waals surface area contributed by atoms with Crippen LogP contribution in [0.15, 0.2) is 41.0 Å². The van der Waals surface area contributed by atoms with Crippen molar-refractivity contribution in [1.29, 1.82) is 0 Å². The van der Waals surface area contributed by atoms with Crippen molar-refractivity contribution in [3.8, 4) is 0 Å². The molecule has 3 aromatic rings. The molecule has 2 aromatic heterocycles. The van der Waals surface area contributed by atoms with Gasteiger partial charge in [0.15, 0.2) is 11.4 Å². The zero-order chi connectivity index (χ0) is 25.8. The lowest BCUT2D eigenvalue weighted by atomic mass is 9.93.